The summed E-state index contributed by atoms with van der Waals surface area (Å²) in [6.45, 7) is 4.48. The second-order valence-corrected chi connectivity index (χ2v) is 4.46. The van der Waals surface area contributed by atoms with Gasteiger partial charge in [0.15, 0.2) is 0 Å². The van der Waals surface area contributed by atoms with Gasteiger partial charge in [-0.1, -0.05) is 0 Å². The van der Waals surface area contributed by atoms with E-state index in [0.29, 0.717) is 18.4 Å². The minimum Gasteiger partial charge on any atom is -0.466 e. The van der Waals surface area contributed by atoms with Crippen molar-refractivity contribution >= 4 is 18.4 Å². The lowest BCUT2D eigenvalue weighted by Gasteiger charge is -2.29. The highest BCUT2D eigenvalue weighted by molar-refractivity contribution is 5.85. The van der Waals surface area contributed by atoms with Crippen molar-refractivity contribution < 1.29 is 9.53 Å². The van der Waals surface area contributed by atoms with E-state index >= 15 is 0 Å². The molecular formula is C11H20ClNO2. The number of nitrogens with one attached hydrogen (secondary N) is 1. The number of ether oxygens (including phenoxy) is 1. The van der Waals surface area contributed by atoms with Gasteiger partial charge >= 0.3 is 5.97 Å². The van der Waals surface area contributed by atoms with E-state index in [0.717, 1.165) is 19.5 Å². The van der Waals surface area contributed by atoms with Gasteiger partial charge in [-0.2, -0.15) is 0 Å². The molecule has 2 saturated heterocycles. The van der Waals surface area contributed by atoms with Gasteiger partial charge in [-0.15, -0.1) is 12.4 Å². The molecule has 1 N–H and O–H groups in total. The minimum absolute atomic E-state index is 0. The van der Waals surface area contributed by atoms with Crippen LogP contribution in [0.1, 0.15) is 26.2 Å². The molecule has 0 spiro atoms. The molecule has 2 bridgehead atoms. The van der Waals surface area contributed by atoms with Crippen LogP contribution < -0.4 is 5.32 Å². The second-order valence-electron chi connectivity index (χ2n) is 4.46. The van der Waals surface area contributed by atoms with Crippen molar-refractivity contribution in [3.63, 3.8) is 0 Å². The fourth-order valence-corrected chi connectivity index (χ4v) is 2.76. The van der Waals surface area contributed by atoms with Crippen molar-refractivity contribution in [2.45, 2.75) is 26.2 Å². The first-order valence-corrected chi connectivity index (χ1v) is 5.68. The Hall–Kier alpha value is -0.280. The van der Waals surface area contributed by atoms with Crippen molar-refractivity contribution in [2.75, 3.05) is 19.7 Å². The van der Waals surface area contributed by atoms with E-state index in [4.69, 9.17) is 4.74 Å². The second kappa shape index (κ2) is 5.71. The molecule has 3 rings (SSSR count). The lowest BCUT2D eigenvalue weighted by atomic mass is 9.75. The highest BCUT2D eigenvalue weighted by Crippen LogP contribution is 2.36. The van der Waals surface area contributed by atoms with Crippen LogP contribution in [-0.2, 0) is 9.53 Å². The zero-order chi connectivity index (χ0) is 9.97. The summed E-state index contributed by atoms with van der Waals surface area (Å²) in [6.07, 6.45) is 3.52. The Bertz CT molecular complexity index is 219. The molecule has 0 aromatic rings. The Balaban J connectivity index is 0.00000112. The molecule has 0 aromatic carbocycles. The Labute approximate surface area is 97.4 Å². The maximum Gasteiger partial charge on any atom is 0.309 e. The molecular weight excluding hydrogens is 214 g/mol. The predicted octanol–water partition coefficient (Wildman–Crippen LogP) is 1.61. The third-order valence-electron chi connectivity index (χ3n) is 3.53. The summed E-state index contributed by atoms with van der Waals surface area (Å²) in [6, 6.07) is 0. The summed E-state index contributed by atoms with van der Waals surface area (Å²) in [7, 11) is 0. The van der Waals surface area contributed by atoms with Crippen molar-refractivity contribution in [3.05, 3.63) is 0 Å². The van der Waals surface area contributed by atoms with E-state index in [-0.39, 0.29) is 24.3 Å². The van der Waals surface area contributed by atoms with Gasteiger partial charge in [0.1, 0.15) is 0 Å². The van der Waals surface area contributed by atoms with Gasteiger partial charge in [0.25, 0.3) is 0 Å². The number of fused-ring (bicyclic) bond motifs is 4. The smallest absolute Gasteiger partial charge is 0.309 e. The quantitative estimate of drug-likeness (QED) is 0.737. The van der Waals surface area contributed by atoms with Crippen molar-refractivity contribution in [3.8, 4) is 0 Å². The fraction of sp³-hybridized carbons (Fsp3) is 0.909. The molecule has 0 aromatic heterocycles. The van der Waals surface area contributed by atoms with Crippen LogP contribution in [0, 0.1) is 17.8 Å². The van der Waals surface area contributed by atoms with Crippen molar-refractivity contribution in [1.82, 2.24) is 5.32 Å². The molecule has 2 heterocycles. The van der Waals surface area contributed by atoms with E-state index in [1.165, 1.54) is 12.8 Å². The van der Waals surface area contributed by atoms with Gasteiger partial charge < -0.3 is 10.1 Å². The molecule has 1 aliphatic carbocycles. The fourth-order valence-electron chi connectivity index (χ4n) is 2.76. The summed E-state index contributed by atoms with van der Waals surface area (Å²) in [5.41, 5.74) is 0. The molecule has 1 saturated carbocycles. The number of hydrogen-bond acceptors (Lipinski definition) is 3. The van der Waals surface area contributed by atoms with Crippen LogP contribution in [0.2, 0.25) is 0 Å². The van der Waals surface area contributed by atoms with Crippen LogP contribution in [0.4, 0.5) is 0 Å². The van der Waals surface area contributed by atoms with Crippen LogP contribution in [0.5, 0.6) is 0 Å². The van der Waals surface area contributed by atoms with Gasteiger partial charge in [0, 0.05) is 0 Å². The van der Waals surface area contributed by atoms with Crippen molar-refractivity contribution in [1.29, 1.82) is 0 Å². The lowest BCUT2D eigenvalue weighted by Crippen LogP contribution is -2.32. The van der Waals surface area contributed by atoms with Crippen LogP contribution >= 0.6 is 12.4 Å². The average Bonchev–Trinajstić information content (AvgIpc) is 2.52. The summed E-state index contributed by atoms with van der Waals surface area (Å²) in [5, 5.41) is 3.43. The van der Waals surface area contributed by atoms with Gasteiger partial charge in [-0.25, -0.2) is 0 Å². The van der Waals surface area contributed by atoms with Crippen molar-refractivity contribution in [2.24, 2.45) is 17.8 Å². The number of halogens is 1. The first kappa shape index (κ1) is 12.8. The first-order chi connectivity index (χ1) is 6.81. The van der Waals surface area contributed by atoms with Gasteiger partial charge in [0.2, 0.25) is 0 Å². The minimum atomic E-state index is 0. The SMILES string of the molecule is CCOC(=O)[C@H]1C[C@H]2CC[C@@H]1CNC2.Cl. The molecule has 88 valence electrons. The third kappa shape index (κ3) is 2.85. The Morgan fingerprint density at radius 3 is 2.93 bits per heavy atom. The normalized spacial score (nSPS) is 34.1. The number of carbonyl (C=O) groups excluding carboxylic acids is 1. The summed E-state index contributed by atoms with van der Waals surface area (Å²) >= 11 is 0. The van der Waals surface area contributed by atoms with E-state index in [1.54, 1.807) is 0 Å². The zero-order valence-electron chi connectivity index (χ0n) is 9.20. The van der Waals surface area contributed by atoms with E-state index in [1.807, 2.05) is 6.92 Å². The number of hydrogen-bond donors (Lipinski definition) is 1. The Morgan fingerprint density at radius 1 is 1.40 bits per heavy atom. The number of esters is 1. The number of rotatable bonds is 2. The Kier molecular flexibility index (Phi) is 4.87. The van der Waals surface area contributed by atoms with E-state index < -0.39 is 0 Å². The molecule has 2 aliphatic heterocycles. The van der Waals surface area contributed by atoms with E-state index in [2.05, 4.69) is 5.32 Å². The van der Waals surface area contributed by atoms with Gasteiger partial charge in [0.05, 0.1) is 12.5 Å². The highest BCUT2D eigenvalue weighted by atomic mass is 35.5. The maximum atomic E-state index is 11.7. The third-order valence-corrected chi connectivity index (χ3v) is 3.53. The topological polar surface area (TPSA) is 38.3 Å². The molecule has 3 fully saturated rings. The van der Waals surface area contributed by atoms with Gasteiger partial charge in [-0.05, 0) is 51.1 Å². The maximum absolute atomic E-state index is 11.7. The first-order valence-electron chi connectivity index (χ1n) is 5.68. The zero-order valence-corrected chi connectivity index (χ0v) is 10.0. The molecule has 4 heteroatoms. The van der Waals surface area contributed by atoms with Crippen LogP contribution in [0.15, 0.2) is 0 Å². The molecule has 0 unspecified atom stereocenters. The predicted molar refractivity (Wildman–Crippen MR) is 61.1 cm³/mol. The van der Waals surface area contributed by atoms with Crippen LogP contribution in [0.25, 0.3) is 0 Å². The standard InChI is InChI=1S/C11H19NO2.ClH/c1-2-14-11(13)10-5-8-3-4-9(10)7-12-6-8;/h8-10,12H,2-7H2,1H3;1H/t8-,9-,10+;/m1./s1. The summed E-state index contributed by atoms with van der Waals surface area (Å²) in [5.74, 6) is 1.42. The lowest BCUT2D eigenvalue weighted by molar-refractivity contribution is -0.151. The summed E-state index contributed by atoms with van der Waals surface area (Å²) in [4.78, 5) is 11.7. The average molecular weight is 234 g/mol. The highest BCUT2D eigenvalue weighted by Gasteiger charge is 2.37. The van der Waals surface area contributed by atoms with Crippen LogP contribution in [0.3, 0.4) is 0 Å². The summed E-state index contributed by atoms with van der Waals surface area (Å²) < 4.78 is 5.12. The molecule has 0 radical (unpaired) electrons. The monoisotopic (exact) mass is 233 g/mol. The number of carbonyl (C=O) groups is 1. The Morgan fingerprint density at radius 2 is 2.20 bits per heavy atom. The molecule has 3 atom stereocenters. The molecule has 15 heavy (non-hydrogen) atoms. The van der Waals surface area contributed by atoms with E-state index in [9.17, 15) is 4.79 Å². The largest absolute Gasteiger partial charge is 0.466 e. The molecule has 3 aliphatic rings. The molecule has 0 amide bonds. The van der Waals surface area contributed by atoms with Gasteiger partial charge in [-0.3, -0.25) is 4.79 Å². The molecule has 3 nitrogen and oxygen atoms in total. The van der Waals surface area contributed by atoms with Crippen LogP contribution in [-0.4, -0.2) is 25.7 Å².